The highest BCUT2D eigenvalue weighted by molar-refractivity contribution is 6.12. The van der Waals surface area contributed by atoms with Crippen molar-refractivity contribution < 1.29 is 19.1 Å². The van der Waals surface area contributed by atoms with Gasteiger partial charge in [0.1, 0.15) is 6.61 Å². The van der Waals surface area contributed by atoms with Gasteiger partial charge >= 0.3 is 0 Å². The Hall–Kier alpha value is -3.35. The summed E-state index contributed by atoms with van der Waals surface area (Å²) >= 11 is 0. The lowest BCUT2D eigenvalue weighted by atomic mass is 10.2. The second-order valence-corrected chi connectivity index (χ2v) is 7.86. The number of hydrogen-bond acceptors (Lipinski definition) is 5. The molecule has 4 rings (SSSR count). The van der Waals surface area contributed by atoms with Gasteiger partial charge < -0.3 is 14.0 Å². The standard InChI is InChI=1S/C24H27N3O4/c1-16(28)26(17(2)29)24-25-20-13-23(31-15-18-9-5-4-6-10-18)22(30-3)14-21(20)27(24)19-11-7-8-12-19/h4-6,9-10,13-14,19H,7-8,11-12,15H2,1-3H3. The summed E-state index contributed by atoms with van der Waals surface area (Å²) in [5.41, 5.74) is 2.54. The topological polar surface area (TPSA) is 73.7 Å². The van der Waals surface area contributed by atoms with Gasteiger partial charge in [-0.15, -0.1) is 0 Å². The van der Waals surface area contributed by atoms with E-state index < -0.39 is 0 Å². The monoisotopic (exact) mass is 421 g/mol. The fourth-order valence-electron chi connectivity index (χ4n) is 4.28. The van der Waals surface area contributed by atoms with Crippen LogP contribution >= 0.6 is 0 Å². The molecule has 1 fully saturated rings. The van der Waals surface area contributed by atoms with E-state index in [1.54, 1.807) is 7.11 Å². The summed E-state index contributed by atoms with van der Waals surface area (Å²) < 4.78 is 13.7. The number of imidazole rings is 1. The van der Waals surface area contributed by atoms with E-state index in [1.807, 2.05) is 47.0 Å². The number of imide groups is 1. The van der Waals surface area contributed by atoms with Crippen molar-refractivity contribution >= 4 is 28.8 Å². The zero-order valence-electron chi connectivity index (χ0n) is 18.1. The number of nitrogens with zero attached hydrogens (tertiary/aromatic N) is 3. The van der Waals surface area contributed by atoms with E-state index >= 15 is 0 Å². The quantitative estimate of drug-likeness (QED) is 0.580. The van der Waals surface area contributed by atoms with Gasteiger partial charge in [-0.2, -0.15) is 0 Å². The molecule has 0 unspecified atom stereocenters. The van der Waals surface area contributed by atoms with Crippen LogP contribution in [0.4, 0.5) is 5.95 Å². The lowest BCUT2D eigenvalue weighted by Gasteiger charge is -2.22. The van der Waals surface area contributed by atoms with Crippen molar-refractivity contribution in [2.24, 2.45) is 0 Å². The molecule has 162 valence electrons. The number of carbonyl (C=O) groups excluding carboxylic acids is 2. The van der Waals surface area contributed by atoms with Gasteiger partial charge in [-0.3, -0.25) is 9.59 Å². The number of carbonyl (C=O) groups is 2. The van der Waals surface area contributed by atoms with Crippen LogP contribution in [0.3, 0.4) is 0 Å². The molecule has 0 saturated heterocycles. The third kappa shape index (κ3) is 4.13. The Balaban J connectivity index is 1.81. The zero-order chi connectivity index (χ0) is 22.0. The van der Waals surface area contributed by atoms with Crippen LogP contribution in [-0.4, -0.2) is 28.5 Å². The van der Waals surface area contributed by atoms with Crippen molar-refractivity contribution in [3.8, 4) is 11.5 Å². The van der Waals surface area contributed by atoms with Gasteiger partial charge in [-0.05, 0) is 18.4 Å². The number of fused-ring (bicyclic) bond motifs is 1. The number of benzene rings is 2. The molecule has 2 amide bonds. The van der Waals surface area contributed by atoms with Crippen LogP contribution in [0.1, 0.15) is 51.1 Å². The van der Waals surface area contributed by atoms with Crippen LogP contribution in [-0.2, 0) is 16.2 Å². The van der Waals surface area contributed by atoms with Gasteiger partial charge in [0.2, 0.25) is 17.8 Å². The van der Waals surface area contributed by atoms with Gasteiger partial charge in [0, 0.05) is 32.0 Å². The lowest BCUT2D eigenvalue weighted by Crippen LogP contribution is -2.35. The number of methoxy groups -OCH3 is 1. The second-order valence-electron chi connectivity index (χ2n) is 7.86. The van der Waals surface area contributed by atoms with Crippen LogP contribution in [0.15, 0.2) is 42.5 Å². The minimum Gasteiger partial charge on any atom is -0.493 e. The molecule has 0 aliphatic heterocycles. The average Bonchev–Trinajstić information content (AvgIpc) is 3.39. The molecule has 1 aliphatic carbocycles. The maximum absolute atomic E-state index is 12.3. The van der Waals surface area contributed by atoms with Crippen molar-refractivity contribution in [3.63, 3.8) is 0 Å². The van der Waals surface area contributed by atoms with E-state index in [-0.39, 0.29) is 17.9 Å². The summed E-state index contributed by atoms with van der Waals surface area (Å²) in [4.78, 5) is 30.4. The zero-order valence-corrected chi connectivity index (χ0v) is 18.1. The largest absolute Gasteiger partial charge is 0.493 e. The number of ether oxygens (including phenoxy) is 2. The van der Waals surface area contributed by atoms with Gasteiger partial charge in [0.25, 0.3) is 0 Å². The first-order valence-corrected chi connectivity index (χ1v) is 10.6. The average molecular weight is 421 g/mol. The minimum atomic E-state index is -0.352. The number of aromatic nitrogens is 2. The molecule has 0 N–H and O–H groups in total. The number of amides is 2. The van der Waals surface area contributed by atoms with Gasteiger partial charge in [0.05, 0.1) is 18.1 Å². The maximum Gasteiger partial charge on any atom is 0.233 e. The first kappa shape index (κ1) is 20.9. The number of anilines is 1. The van der Waals surface area contributed by atoms with Crippen LogP contribution in [0.5, 0.6) is 11.5 Å². The van der Waals surface area contributed by atoms with Crippen LogP contribution in [0.2, 0.25) is 0 Å². The first-order valence-electron chi connectivity index (χ1n) is 10.6. The molecule has 1 saturated carbocycles. The van der Waals surface area contributed by atoms with Crippen molar-refractivity contribution in [1.82, 2.24) is 9.55 Å². The van der Waals surface area contributed by atoms with Crippen molar-refractivity contribution in [1.29, 1.82) is 0 Å². The molecule has 1 aliphatic rings. The molecule has 7 heteroatoms. The molecular weight excluding hydrogens is 394 g/mol. The fourth-order valence-corrected chi connectivity index (χ4v) is 4.28. The normalized spacial score (nSPS) is 14.0. The molecule has 0 bridgehead atoms. The fraction of sp³-hybridized carbons (Fsp3) is 0.375. The molecular formula is C24H27N3O4. The molecule has 3 aromatic rings. The summed E-state index contributed by atoms with van der Waals surface area (Å²) in [5, 5.41) is 0. The van der Waals surface area contributed by atoms with Gasteiger partial charge in [-0.1, -0.05) is 43.2 Å². The summed E-state index contributed by atoms with van der Waals surface area (Å²) in [6.07, 6.45) is 4.19. The molecule has 0 atom stereocenters. The first-order chi connectivity index (χ1) is 15.0. The van der Waals surface area contributed by atoms with E-state index in [2.05, 4.69) is 0 Å². The smallest absolute Gasteiger partial charge is 0.233 e. The number of rotatable bonds is 6. The second kappa shape index (κ2) is 8.79. The molecule has 0 radical (unpaired) electrons. The highest BCUT2D eigenvalue weighted by atomic mass is 16.5. The lowest BCUT2D eigenvalue weighted by molar-refractivity contribution is -0.124. The molecule has 2 aromatic carbocycles. The summed E-state index contributed by atoms with van der Waals surface area (Å²) in [6.45, 7) is 3.16. The molecule has 31 heavy (non-hydrogen) atoms. The Bertz CT molecular complexity index is 1090. The van der Waals surface area contributed by atoms with E-state index in [4.69, 9.17) is 14.5 Å². The number of hydrogen-bond donors (Lipinski definition) is 0. The minimum absolute atomic E-state index is 0.182. The molecule has 0 spiro atoms. The highest BCUT2D eigenvalue weighted by Crippen LogP contribution is 2.40. The predicted molar refractivity (Wildman–Crippen MR) is 118 cm³/mol. The predicted octanol–water partition coefficient (Wildman–Crippen LogP) is 4.64. The Labute approximate surface area is 181 Å². The molecule has 7 nitrogen and oxygen atoms in total. The van der Waals surface area contributed by atoms with Crippen molar-refractivity contribution in [2.75, 3.05) is 12.0 Å². The van der Waals surface area contributed by atoms with E-state index in [0.717, 1.165) is 41.7 Å². The maximum atomic E-state index is 12.3. The van der Waals surface area contributed by atoms with E-state index in [1.165, 1.54) is 13.8 Å². The SMILES string of the molecule is COc1cc2c(cc1OCc1ccccc1)nc(N(C(C)=O)C(C)=O)n2C1CCCC1. The summed E-state index contributed by atoms with van der Waals surface area (Å²) in [7, 11) is 1.60. The van der Waals surface area contributed by atoms with Gasteiger partial charge in [-0.25, -0.2) is 9.88 Å². The van der Waals surface area contributed by atoms with Crippen LogP contribution in [0.25, 0.3) is 11.0 Å². The third-order valence-electron chi connectivity index (χ3n) is 5.71. The molecule has 1 aromatic heterocycles. The Morgan fingerprint density at radius 1 is 1.06 bits per heavy atom. The summed E-state index contributed by atoms with van der Waals surface area (Å²) in [5.74, 6) is 0.818. The van der Waals surface area contributed by atoms with Crippen LogP contribution in [0, 0.1) is 0 Å². The highest BCUT2D eigenvalue weighted by Gasteiger charge is 2.30. The van der Waals surface area contributed by atoms with E-state index in [0.29, 0.717) is 29.6 Å². The Morgan fingerprint density at radius 3 is 2.35 bits per heavy atom. The third-order valence-corrected chi connectivity index (χ3v) is 5.71. The van der Waals surface area contributed by atoms with Crippen molar-refractivity contribution in [2.45, 2.75) is 52.2 Å². The Kier molecular flexibility index (Phi) is 5.93. The van der Waals surface area contributed by atoms with Crippen molar-refractivity contribution in [3.05, 3.63) is 48.0 Å². The van der Waals surface area contributed by atoms with Gasteiger partial charge in [0.15, 0.2) is 11.5 Å². The Morgan fingerprint density at radius 2 is 1.74 bits per heavy atom. The summed E-state index contributed by atoms with van der Waals surface area (Å²) in [6, 6.07) is 13.8. The van der Waals surface area contributed by atoms with Crippen LogP contribution < -0.4 is 14.4 Å². The van der Waals surface area contributed by atoms with E-state index in [9.17, 15) is 9.59 Å². The molecule has 1 heterocycles.